The van der Waals surface area contributed by atoms with Gasteiger partial charge in [-0.1, -0.05) is 19.1 Å². The Labute approximate surface area is 181 Å². The van der Waals surface area contributed by atoms with Crippen LogP contribution in [0.5, 0.6) is 0 Å². The van der Waals surface area contributed by atoms with E-state index in [2.05, 4.69) is 34.5 Å². The Morgan fingerprint density at radius 2 is 1.60 bits per heavy atom. The highest BCUT2D eigenvalue weighted by molar-refractivity contribution is 7.16. The number of ether oxygens (including phenoxy) is 2. The number of aromatic amines is 1. The van der Waals surface area contributed by atoms with Crippen molar-refractivity contribution < 1.29 is 19.1 Å². The number of H-pyrrole nitrogens is 1. The van der Waals surface area contributed by atoms with Crippen LogP contribution in [0.4, 0.5) is 0 Å². The molecular weight excluding hydrogens is 424 g/mol. The van der Waals surface area contributed by atoms with Crippen LogP contribution in [-0.2, 0) is 27.7 Å². The first kappa shape index (κ1) is 20.7. The molecule has 0 radical (unpaired) electrons. The van der Waals surface area contributed by atoms with Gasteiger partial charge < -0.3 is 9.47 Å². The number of carbonyl (C=O) groups is 2. The van der Waals surface area contributed by atoms with Crippen molar-refractivity contribution in [2.24, 2.45) is 5.92 Å². The van der Waals surface area contributed by atoms with E-state index in [0.29, 0.717) is 22.0 Å². The lowest BCUT2D eigenvalue weighted by Crippen LogP contribution is -2.32. The van der Waals surface area contributed by atoms with E-state index >= 15 is 0 Å². The molecule has 30 heavy (non-hydrogen) atoms. The molecule has 158 valence electrons. The normalized spacial score (nSPS) is 14.7. The van der Waals surface area contributed by atoms with E-state index in [1.165, 1.54) is 36.9 Å². The van der Waals surface area contributed by atoms with E-state index in [1.807, 2.05) is 12.1 Å². The Hall–Kier alpha value is -2.59. The minimum atomic E-state index is -0.712. The summed E-state index contributed by atoms with van der Waals surface area (Å²) in [5.74, 6) is 0.106. The predicted molar refractivity (Wildman–Crippen MR) is 112 cm³/mol. The van der Waals surface area contributed by atoms with Gasteiger partial charge in [0.05, 0.1) is 14.2 Å². The molecule has 1 N–H and O–H groups in total. The Morgan fingerprint density at radius 1 is 1.07 bits per heavy atom. The van der Waals surface area contributed by atoms with Crippen LogP contribution in [0.1, 0.15) is 66.3 Å². The van der Waals surface area contributed by atoms with Crippen LogP contribution in [0.15, 0.2) is 12.1 Å². The topological polar surface area (TPSA) is 107 Å². The van der Waals surface area contributed by atoms with E-state index in [1.54, 1.807) is 0 Å². The Kier molecular flexibility index (Phi) is 5.46. The van der Waals surface area contributed by atoms with Crippen molar-refractivity contribution in [3.8, 4) is 0 Å². The van der Waals surface area contributed by atoms with Crippen LogP contribution in [0.25, 0.3) is 0 Å². The molecule has 3 aromatic heterocycles. The van der Waals surface area contributed by atoms with Crippen molar-refractivity contribution in [2.45, 2.75) is 38.5 Å². The number of rotatable bonds is 5. The molecule has 0 aliphatic heterocycles. The third-order valence-electron chi connectivity index (χ3n) is 5.27. The van der Waals surface area contributed by atoms with Crippen molar-refractivity contribution in [2.75, 3.05) is 14.2 Å². The standard InChI is InChI=1S/C20H22N4O4S2/c1-10(2)9-20(19-21-23-24-22-19)15-11(7-13(29-15)17(25)27-3)5-6-12-8-14(18(26)28-4)30-16(12)20/h7-8,10H,5-6,9H2,1-4H3,(H,21,22,23,24). The molecule has 4 rings (SSSR count). The number of aromatic nitrogens is 4. The Bertz CT molecular complexity index is 1020. The largest absolute Gasteiger partial charge is 0.465 e. The van der Waals surface area contributed by atoms with Gasteiger partial charge in [0.25, 0.3) is 0 Å². The minimum Gasteiger partial charge on any atom is -0.465 e. The zero-order valence-corrected chi connectivity index (χ0v) is 18.8. The second-order valence-electron chi connectivity index (χ2n) is 7.65. The van der Waals surface area contributed by atoms with E-state index < -0.39 is 5.41 Å². The summed E-state index contributed by atoms with van der Waals surface area (Å²) >= 11 is 2.82. The molecule has 3 aromatic rings. The molecule has 10 heteroatoms. The number of thiophene rings is 2. The van der Waals surface area contributed by atoms with E-state index in [-0.39, 0.29) is 17.9 Å². The fraction of sp³-hybridized carbons (Fsp3) is 0.450. The van der Waals surface area contributed by atoms with E-state index in [9.17, 15) is 9.59 Å². The minimum absolute atomic E-state index is 0.287. The number of esters is 2. The van der Waals surface area contributed by atoms with Crippen molar-refractivity contribution in [1.29, 1.82) is 0 Å². The summed E-state index contributed by atoms with van der Waals surface area (Å²) in [6, 6.07) is 3.83. The van der Waals surface area contributed by atoms with Crippen LogP contribution >= 0.6 is 22.7 Å². The van der Waals surface area contributed by atoms with Crippen LogP contribution in [0.2, 0.25) is 0 Å². The number of hydrogen-bond donors (Lipinski definition) is 1. The number of tetrazole rings is 1. The van der Waals surface area contributed by atoms with Crippen molar-refractivity contribution in [1.82, 2.24) is 20.6 Å². The maximum absolute atomic E-state index is 12.3. The van der Waals surface area contributed by atoms with Gasteiger partial charge in [0.1, 0.15) is 15.2 Å². The van der Waals surface area contributed by atoms with Crippen molar-refractivity contribution in [3.05, 3.63) is 48.6 Å². The molecule has 0 aromatic carbocycles. The van der Waals surface area contributed by atoms with Gasteiger partial charge in [-0.2, -0.15) is 5.21 Å². The lowest BCUT2D eigenvalue weighted by molar-refractivity contribution is 0.0597. The summed E-state index contributed by atoms with van der Waals surface area (Å²) in [6.07, 6.45) is 2.19. The highest BCUT2D eigenvalue weighted by Gasteiger charge is 2.48. The third-order valence-corrected chi connectivity index (χ3v) is 7.91. The average molecular weight is 447 g/mol. The number of nitrogens with zero attached hydrogens (tertiary/aromatic N) is 3. The molecule has 0 unspecified atom stereocenters. The average Bonchev–Trinajstić information content (AvgIpc) is 3.48. The molecule has 0 atom stereocenters. The van der Waals surface area contributed by atoms with Gasteiger partial charge in [0.2, 0.25) is 0 Å². The van der Waals surface area contributed by atoms with Crippen LogP contribution < -0.4 is 0 Å². The molecule has 1 aliphatic carbocycles. The highest BCUT2D eigenvalue weighted by Crippen LogP contribution is 2.52. The fourth-order valence-electron chi connectivity index (χ4n) is 4.16. The number of hydrogen-bond acceptors (Lipinski definition) is 9. The second kappa shape index (κ2) is 7.92. The summed E-state index contributed by atoms with van der Waals surface area (Å²) in [4.78, 5) is 27.7. The molecule has 0 spiro atoms. The summed E-state index contributed by atoms with van der Waals surface area (Å²) in [6.45, 7) is 4.27. The monoisotopic (exact) mass is 446 g/mol. The SMILES string of the molecule is COC(=O)c1cc2c(s1)C(CC(C)C)(c1nn[nH]n1)c1sc(C(=O)OC)cc1CC2. The van der Waals surface area contributed by atoms with Crippen LogP contribution in [-0.4, -0.2) is 46.8 Å². The first-order chi connectivity index (χ1) is 14.4. The molecule has 0 amide bonds. The zero-order valence-electron chi connectivity index (χ0n) is 17.1. The molecule has 0 fully saturated rings. The van der Waals surface area contributed by atoms with Crippen LogP contribution in [0.3, 0.4) is 0 Å². The third kappa shape index (κ3) is 3.24. The first-order valence-corrected chi connectivity index (χ1v) is 11.2. The second-order valence-corrected chi connectivity index (χ2v) is 9.76. The number of aryl methyl sites for hydroxylation is 2. The molecule has 1 aliphatic rings. The smallest absolute Gasteiger partial charge is 0.348 e. The van der Waals surface area contributed by atoms with Gasteiger partial charge in [-0.3, -0.25) is 0 Å². The number of fused-ring (bicyclic) bond motifs is 2. The summed E-state index contributed by atoms with van der Waals surface area (Å²) in [5.41, 5.74) is 1.44. The predicted octanol–water partition coefficient (Wildman–Crippen LogP) is 3.38. The molecule has 0 saturated heterocycles. The summed E-state index contributed by atoms with van der Waals surface area (Å²) in [7, 11) is 2.77. The zero-order chi connectivity index (χ0) is 21.5. The van der Waals surface area contributed by atoms with Crippen LogP contribution in [0, 0.1) is 5.92 Å². The molecule has 0 saturated carbocycles. The van der Waals surface area contributed by atoms with Crippen molar-refractivity contribution in [3.63, 3.8) is 0 Å². The van der Waals surface area contributed by atoms with E-state index in [0.717, 1.165) is 33.7 Å². The highest BCUT2D eigenvalue weighted by atomic mass is 32.1. The fourth-order valence-corrected chi connectivity index (χ4v) is 6.89. The Balaban J connectivity index is 2.03. The van der Waals surface area contributed by atoms with Gasteiger partial charge in [0, 0.05) is 9.75 Å². The van der Waals surface area contributed by atoms with Crippen molar-refractivity contribution >= 4 is 34.6 Å². The van der Waals surface area contributed by atoms with Gasteiger partial charge in [-0.05, 0) is 48.4 Å². The molecule has 0 bridgehead atoms. The lowest BCUT2D eigenvalue weighted by Gasteiger charge is -2.31. The maximum Gasteiger partial charge on any atom is 0.348 e. The molecule has 3 heterocycles. The molecule has 8 nitrogen and oxygen atoms in total. The number of carbonyl (C=O) groups excluding carboxylic acids is 2. The quantitative estimate of drug-likeness (QED) is 0.599. The number of nitrogens with one attached hydrogen (secondary N) is 1. The number of methoxy groups -OCH3 is 2. The van der Waals surface area contributed by atoms with Gasteiger partial charge in [-0.25, -0.2) is 9.59 Å². The summed E-state index contributed by atoms with van der Waals surface area (Å²) in [5, 5.41) is 15.2. The molecular formula is C20H22N4O4S2. The Morgan fingerprint density at radius 3 is 2.00 bits per heavy atom. The van der Waals surface area contributed by atoms with E-state index in [4.69, 9.17) is 9.47 Å². The first-order valence-electron chi connectivity index (χ1n) is 9.57. The summed E-state index contributed by atoms with van der Waals surface area (Å²) < 4.78 is 9.94. The maximum atomic E-state index is 12.3. The van der Waals surface area contributed by atoms with Gasteiger partial charge in [0.15, 0.2) is 5.82 Å². The van der Waals surface area contributed by atoms with Gasteiger partial charge in [-0.15, -0.1) is 32.9 Å². The van der Waals surface area contributed by atoms with Gasteiger partial charge >= 0.3 is 11.9 Å². The lowest BCUT2D eigenvalue weighted by atomic mass is 9.75.